The molecule has 122 valence electrons. The molecular formula is C16H30N2O3. The van der Waals surface area contributed by atoms with E-state index < -0.39 is 5.60 Å². The minimum atomic E-state index is -0.419. The van der Waals surface area contributed by atoms with E-state index in [0.717, 1.165) is 45.5 Å². The summed E-state index contributed by atoms with van der Waals surface area (Å²) in [6.45, 7) is 9.17. The second kappa shape index (κ2) is 7.45. The summed E-state index contributed by atoms with van der Waals surface area (Å²) in [5.74, 6) is 0. The van der Waals surface area contributed by atoms with Crippen molar-refractivity contribution in [3.63, 3.8) is 0 Å². The maximum atomic E-state index is 12.1. The van der Waals surface area contributed by atoms with E-state index in [0.29, 0.717) is 12.1 Å². The van der Waals surface area contributed by atoms with E-state index in [9.17, 15) is 4.79 Å². The van der Waals surface area contributed by atoms with Gasteiger partial charge in [0.1, 0.15) is 5.60 Å². The molecule has 21 heavy (non-hydrogen) atoms. The number of hydrogen-bond donors (Lipinski definition) is 1. The summed E-state index contributed by atoms with van der Waals surface area (Å²) in [7, 11) is 0. The van der Waals surface area contributed by atoms with E-state index in [-0.39, 0.29) is 6.09 Å². The quantitative estimate of drug-likeness (QED) is 0.866. The van der Waals surface area contributed by atoms with Crippen molar-refractivity contribution in [3.8, 4) is 0 Å². The fraction of sp³-hybridized carbons (Fsp3) is 0.938. The van der Waals surface area contributed by atoms with Crippen molar-refractivity contribution >= 4 is 6.09 Å². The molecule has 0 bridgehead atoms. The molecule has 0 saturated carbocycles. The fourth-order valence-electron chi connectivity index (χ4n) is 2.96. The first kappa shape index (κ1) is 16.6. The van der Waals surface area contributed by atoms with Crippen LogP contribution in [0.15, 0.2) is 0 Å². The van der Waals surface area contributed by atoms with Crippen LogP contribution in [0.5, 0.6) is 0 Å². The van der Waals surface area contributed by atoms with Crippen molar-refractivity contribution in [3.05, 3.63) is 0 Å². The van der Waals surface area contributed by atoms with Gasteiger partial charge in [-0.3, -0.25) is 0 Å². The molecule has 1 N–H and O–H groups in total. The molecule has 2 heterocycles. The van der Waals surface area contributed by atoms with Gasteiger partial charge in [-0.1, -0.05) is 0 Å². The summed E-state index contributed by atoms with van der Waals surface area (Å²) in [5, 5.41) is 3.57. The molecule has 2 rings (SSSR count). The molecule has 5 heteroatoms. The van der Waals surface area contributed by atoms with E-state index >= 15 is 0 Å². The van der Waals surface area contributed by atoms with Crippen LogP contribution in [-0.4, -0.2) is 55.0 Å². The van der Waals surface area contributed by atoms with Gasteiger partial charge in [0.05, 0.1) is 6.10 Å². The van der Waals surface area contributed by atoms with Crippen LogP contribution >= 0.6 is 0 Å². The van der Waals surface area contributed by atoms with E-state index in [1.54, 1.807) is 0 Å². The lowest BCUT2D eigenvalue weighted by atomic mass is 10.1. The van der Waals surface area contributed by atoms with Crippen LogP contribution in [0.4, 0.5) is 4.79 Å². The molecule has 2 fully saturated rings. The maximum Gasteiger partial charge on any atom is 0.410 e. The van der Waals surface area contributed by atoms with Gasteiger partial charge in [0.2, 0.25) is 0 Å². The number of piperidine rings is 1. The van der Waals surface area contributed by atoms with Crippen LogP contribution in [-0.2, 0) is 9.47 Å². The van der Waals surface area contributed by atoms with Crippen molar-refractivity contribution in [2.24, 2.45) is 0 Å². The summed E-state index contributed by atoms with van der Waals surface area (Å²) in [5.41, 5.74) is -0.419. The zero-order chi connectivity index (χ0) is 15.3. The van der Waals surface area contributed by atoms with Gasteiger partial charge in [0, 0.05) is 25.7 Å². The average molecular weight is 298 g/mol. The minimum absolute atomic E-state index is 0.187. The van der Waals surface area contributed by atoms with Crippen LogP contribution in [0.1, 0.15) is 52.9 Å². The number of carbonyl (C=O) groups is 1. The van der Waals surface area contributed by atoms with Crippen molar-refractivity contribution in [2.45, 2.75) is 70.6 Å². The first-order chi connectivity index (χ1) is 9.94. The van der Waals surface area contributed by atoms with E-state index in [1.807, 2.05) is 25.7 Å². The molecule has 0 radical (unpaired) electrons. The van der Waals surface area contributed by atoms with Gasteiger partial charge in [-0.2, -0.15) is 0 Å². The lowest BCUT2D eigenvalue weighted by Crippen LogP contribution is -2.49. The molecule has 2 saturated heterocycles. The van der Waals surface area contributed by atoms with E-state index in [4.69, 9.17) is 9.47 Å². The van der Waals surface area contributed by atoms with Gasteiger partial charge in [-0.15, -0.1) is 0 Å². The Bertz CT molecular complexity index is 335. The van der Waals surface area contributed by atoms with Gasteiger partial charge in [-0.05, 0) is 59.4 Å². The highest BCUT2D eigenvalue weighted by molar-refractivity contribution is 5.68. The standard InChI is InChI=1S/C16H30N2O3/c1-16(2,3)21-15(19)18-10-4-6-13(12-18)17-9-8-14-7-5-11-20-14/h13-14,17H,4-12H2,1-3H3. The first-order valence-electron chi connectivity index (χ1n) is 8.27. The Labute approximate surface area is 128 Å². The smallest absolute Gasteiger partial charge is 0.410 e. The van der Waals surface area contributed by atoms with E-state index in [2.05, 4.69) is 5.32 Å². The highest BCUT2D eigenvalue weighted by Gasteiger charge is 2.27. The Hall–Kier alpha value is -0.810. The number of amides is 1. The first-order valence-corrected chi connectivity index (χ1v) is 8.27. The van der Waals surface area contributed by atoms with Gasteiger partial charge >= 0.3 is 6.09 Å². The predicted molar refractivity (Wildman–Crippen MR) is 82.4 cm³/mol. The summed E-state index contributed by atoms with van der Waals surface area (Å²) < 4.78 is 11.1. The van der Waals surface area contributed by atoms with Crippen LogP contribution in [0.2, 0.25) is 0 Å². The van der Waals surface area contributed by atoms with Gasteiger partial charge in [0.15, 0.2) is 0 Å². The van der Waals surface area contributed by atoms with Gasteiger partial charge in [-0.25, -0.2) is 4.79 Å². The van der Waals surface area contributed by atoms with Crippen LogP contribution in [0, 0.1) is 0 Å². The van der Waals surface area contributed by atoms with Crippen molar-refractivity contribution in [1.29, 1.82) is 0 Å². The van der Waals surface area contributed by atoms with Crippen LogP contribution in [0.25, 0.3) is 0 Å². The molecule has 0 aromatic carbocycles. The number of likely N-dealkylation sites (tertiary alicyclic amines) is 1. The summed E-state index contributed by atoms with van der Waals surface area (Å²) in [6, 6.07) is 0.382. The number of nitrogens with zero attached hydrogens (tertiary/aromatic N) is 1. The molecule has 2 aliphatic rings. The minimum Gasteiger partial charge on any atom is -0.444 e. The molecule has 0 spiro atoms. The molecule has 0 aliphatic carbocycles. The predicted octanol–water partition coefficient (Wildman–Crippen LogP) is 2.54. The zero-order valence-corrected chi connectivity index (χ0v) is 13.7. The number of nitrogens with one attached hydrogen (secondary N) is 1. The zero-order valence-electron chi connectivity index (χ0n) is 13.7. The average Bonchev–Trinajstić information content (AvgIpc) is 2.90. The van der Waals surface area contributed by atoms with E-state index in [1.165, 1.54) is 12.8 Å². The van der Waals surface area contributed by atoms with Crippen LogP contribution in [0.3, 0.4) is 0 Å². The fourth-order valence-corrected chi connectivity index (χ4v) is 2.96. The van der Waals surface area contributed by atoms with Crippen molar-refractivity contribution in [2.75, 3.05) is 26.2 Å². The Morgan fingerprint density at radius 2 is 2.14 bits per heavy atom. The normalized spacial score (nSPS) is 26.9. The van der Waals surface area contributed by atoms with Gasteiger partial charge < -0.3 is 19.7 Å². The monoisotopic (exact) mass is 298 g/mol. The molecule has 1 amide bonds. The molecule has 2 unspecified atom stereocenters. The number of ether oxygens (including phenoxy) is 2. The second-order valence-electron chi connectivity index (χ2n) is 7.14. The third-order valence-corrected chi connectivity index (χ3v) is 4.00. The Morgan fingerprint density at radius 1 is 1.33 bits per heavy atom. The Morgan fingerprint density at radius 3 is 2.81 bits per heavy atom. The lowest BCUT2D eigenvalue weighted by molar-refractivity contribution is 0.0185. The van der Waals surface area contributed by atoms with Gasteiger partial charge in [0.25, 0.3) is 0 Å². The molecule has 2 atom stereocenters. The van der Waals surface area contributed by atoms with Crippen LogP contribution < -0.4 is 5.32 Å². The number of rotatable bonds is 4. The topological polar surface area (TPSA) is 50.8 Å². The number of hydrogen-bond acceptors (Lipinski definition) is 4. The summed E-state index contributed by atoms with van der Waals surface area (Å²) in [4.78, 5) is 13.9. The maximum absolute atomic E-state index is 12.1. The third-order valence-electron chi connectivity index (χ3n) is 4.00. The Kier molecular flexibility index (Phi) is 5.88. The Balaban J connectivity index is 1.68. The molecule has 0 aromatic heterocycles. The molecule has 0 aromatic rings. The highest BCUT2D eigenvalue weighted by atomic mass is 16.6. The molecular weight excluding hydrogens is 268 g/mol. The van der Waals surface area contributed by atoms with Crippen molar-refractivity contribution in [1.82, 2.24) is 10.2 Å². The second-order valence-corrected chi connectivity index (χ2v) is 7.14. The number of carbonyl (C=O) groups excluding carboxylic acids is 1. The molecule has 5 nitrogen and oxygen atoms in total. The summed E-state index contributed by atoms with van der Waals surface area (Å²) in [6.07, 6.45) is 5.87. The molecule has 2 aliphatic heterocycles. The SMILES string of the molecule is CC(C)(C)OC(=O)N1CCCC(NCCC2CCCO2)C1. The third kappa shape index (κ3) is 5.83. The summed E-state index contributed by atoms with van der Waals surface area (Å²) >= 11 is 0. The largest absolute Gasteiger partial charge is 0.444 e. The van der Waals surface area contributed by atoms with Crippen molar-refractivity contribution < 1.29 is 14.3 Å². The lowest BCUT2D eigenvalue weighted by Gasteiger charge is -2.34. The highest BCUT2D eigenvalue weighted by Crippen LogP contribution is 2.17.